The molecule has 0 spiro atoms. The van der Waals surface area contributed by atoms with Gasteiger partial charge in [-0.15, -0.1) is 0 Å². The summed E-state index contributed by atoms with van der Waals surface area (Å²) in [5.41, 5.74) is 0. The average molecular weight is 335 g/mol. The van der Waals surface area contributed by atoms with Crippen LogP contribution in [0.3, 0.4) is 0 Å². The molecule has 0 fully saturated rings. The fourth-order valence-corrected chi connectivity index (χ4v) is 1.36. The van der Waals surface area contributed by atoms with Gasteiger partial charge in [0.2, 0.25) is 6.41 Å². The first-order chi connectivity index (χ1) is 11.3. The fraction of sp³-hybridized carbons (Fsp3) is 0.867. The topological polar surface area (TPSA) is 92.3 Å². The molecule has 0 heterocycles. The molecule has 0 aromatic heterocycles. The van der Waals surface area contributed by atoms with Crippen molar-refractivity contribution in [1.29, 1.82) is 0 Å². The minimum atomic E-state index is 0.0939. The lowest BCUT2D eigenvalue weighted by Gasteiger charge is -2.07. The van der Waals surface area contributed by atoms with Gasteiger partial charge in [-0.3, -0.25) is 9.59 Å². The standard InChI is InChI=1S/C15H29NO7/c1-2-15(18)13-23-12-11-22-10-9-21-8-7-20-6-5-19-4-3-16-14-17/h14H,2-13H2,1H3,(H,16,17). The van der Waals surface area contributed by atoms with E-state index in [0.29, 0.717) is 78.8 Å². The van der Waals surface area contributed by atoms with Crippen LogP contribution in [-0.2, 0) is 33.3 Å². The summed E-state index contributed by atoms with van der Waals surface area (Å²) in [7, 11) is 0. The first-order valence-corrected chi connectivity index (χ1v) is 7.88. The van der Waals surface area contributed by atoms with Crippen LogP contribution in [0.15, 0.2) is 0 Å². The lowest BCUT2D eigenvalue weighted by atomic mass is 10.3. The predicted molar refractivity (Wildman–Crippen MR) is 83.5 cm³/mol. The minimum Gasteiger partial charge on any atom is -0.377 e. The molecular weight excluding hydrogens is 306 g/mol. The SMILES string of the molecule is CCC(=O)COCCOCCOCCOCCOCCNC=O. The molecule has 0 radical (unpaired) electrons. The smallest absolute Gasteiger partial charge is 0.207 e. The van der Waals surface area contributed by atoms with Crippen molar-refractivity contribution in [1.82, 2.24) is 5.32 Å². The molecule has 0 aliphatic rings. The molecule has 0 aliphatic heterocycles. The summed E-state index contributed by atoms with van der Waals surface area (Å²) in [5.74, 6) is 0.0939. The molecule has 136 valence electrons. The molecule has 0 saturated carbocycles. The predicted octanol–water partition coefficient (Wildman–Crippen LogP) is -0.205. The van der Waals surface area contributed by atoms with Gasteiger partial charge in [0.15, 0.2) is 5.78 Å². The van der Waals surface area contributed by atoms with Crippen molar-refractivity contribution in [2.24, 2.45) is 0 Å². The molecule has 1 amide bonds. The number of hydrogen-bond donors (Lipinski definition) is 1. The number of rotatable bonds is 19. The van der Waals surface area contributed by atoms with Gasteiger partial charge in [0.05, 0.1) is 59.5 Å². The zero-order valence-electron chi connectivity index (χ0n) is 13.9. The van der Waals surface area contributed by atoms with Gasteiger partial charge < -0.3 is 29.0 Å². The van der Waals surface area contributed by atoms with Crippen molar-refractivity contribution in [3.8, 4) is 0 Å². The van der Waals surface area contributed by atoms with Gasteiger partial charge in [0.1, 0.15) is 6.61 Å². The Morgan fingerprint density at radius 1 is 0.783 bits per heavy atom. The monoisotopic (exact) mass is 335 g/mol. The van der Waals surface area contributed by atoms with E-state index in [4.69, 9.17) is 23.7 Å². The number of ether oxygens (including phenoxy) is 5. The maximum Gasteiger partial charge on any atom is 0.207 e. The zero-order chi connectivity index (χ0) is 17.0. The summed E-state index contributed by atoms with van der Waals surface area (Å²) >= 11 is 0. The largest absolute Gasteiger partial charge is 0.377 e. The molecule has 0 saturated heterocycles. The van der Waals surface area contributed by atoms with Crippen molar-refractivity contribution in [3.05, 3.63) is 0 Å². The van der Waals surface area contributed by atoms with Gasteiger partial charge in [-0.05, 0) is 0 Å². The van der Waals surface area contributed by atoms with Gasteiger partial charge in [-0.25, -0.2) is 0 Å². The van der Waals surface area contributed by atoms with Crippen LogP contribution in [-0.4, -0.2) is 84.8 Å². The van der Waals surface area contributed by atoms with Crippen LogP contribution < -0.4 is 5.32 Å². The Morgan fingerprint density at radius 2 is 1.22 bits per heavy atom. The number of Topliss-reactive ketones (excluding diaryl/α,β-unsaturated/α-hetero) is 1. The maximum absolute atomic E-state index is 11.0. The van der Waals surface area contributed by atoms with Crippen molar-refractivity contribution < 1.29 is 33.3 Å². The highest BCUT2D eigenvalue weighted by molar-refractivity contribution is 5.79. The molecule has 0 aliphatic carbocycles. The second-order valence-corrected chi connectivity index (χ2v) is 4.47. The van der Waals surface area contributed by atoms with Gasteiger partial charge in [0, 0.05) is 13.0 Å². The molecular formula is C15H29NO7. The molecule has 8 nitrogen and oxygen atoms in total. The third-order valence-electron chi connectivity index (χ3n) is 2.62. The van der Waals surface area contributed by atoms with Crippen LogP contribution in [0.5, 0.6) is 0 Å². The van der Waals surface area contributed by atoms with Crippen molar-refractivity contribution >= 4 is 12.2 Å². The first kappa shape index (κ1) is 21.9. The molecule has 8 heteroatoms. The van der Waals surface area contributed by atoms with E-state index >= 15 is 0 Å². The van der Waals surface area contributed by atoms with Crippen LogP contribution in [0.2, 0.25) is 0 Å². The highest BCUT2D eigenvalue weighted by Crippen LogP contribution is 1.85. The van der Waals surface area contributed by atoms with E-state index in [2.05, 4.69) is 5.32 Å². The van der Waals surface area contributed by atoms with Gasteiger partial charge in [-0.1, -0.05) is 6.92 Å². The second-order valence-electron chi connectivity index (χ2n) is 4.47. The van der Waals surface area contributed by atoms with Crippen LogP contribution in [0, 0.1) is 0 Å². The molecule has 0 aromatic carbocycles. The van der Waals surface area contributed by atoms with Crippen molar-refractivity contribution in [2.45, 2.75) is 13.3 Å². The van der Waals surface area contributed by atoms with Gasteiger partial charge in [-0.2, -0.15) is 0 Å². The Kier molecular flexibility index (Phi) is 18.1. The Hall–Kier alpha value is -1.06. The lowest BCUT2D eigenvalue weighted by molar-refractivity contribution is -0.123. The van der Waals surface area contributed by atoms with E-state index in [1.54, 1.807) is 0 Å². The molecule has 23 heavy (non-hydrogen) atoms. The summed E-state index contributed by atoms with van der Waals surface area (Å²) in [6, 6.07) is 0. The van der Waals surface area contributed by atoms with Crippen LogP contribution in [0.4, 0.5) is 0 Å². The third-order valence-corrected chi connectivity index (χ3v) is 2.62. The highest BCUT2D eigenvalue weighted by Gasteiger charge is 1.97. The van der Waals surface area contributed by atoms with Gasteiger partial charge >= 0.3 is 0 Å². The molecule has 0 rings (SSSR count). The fourth-order valence-electron chi connectivity index (χ4n) is 1.36. The summed E-state index contributed by atoms with van der Waals surface area (Å²) < 4.78 is 26.2. The van der Waals surface area contributed by atoms with Crippen LogP contribution >= 0.6 is 0 Å². The quantitative estimate of drug-likeness (QED) is 0.258. The Balaban J connectivity index is 3.00. The zero-order valence-corrected chi connectivity index (χ0v) is 13.9. The minimum absolute atomic E-state index is 0.0939. The van der Waals surface area contributed by atoms with E-state index in [9.17, 15) is 9.59 Å². The van der Waals surface area contributed by atoms with E-state index in [-0.39, 0.29) is 12.4 Å². The van der Waals surface area contributed by atoms with E-state index in [1.807, 2.05) is 6.92 Å². The highest BCUT2D eigenvalue weighted by atomic mass is 16.6. The van der Waals surface area contributed by atoms with Crippen LogP contribution in [0.25, 0.3) is 0 Å². The van der Waals surface area contributed by atoms with E-state index in [0.717, 1.165) is 0 Å². The second kappa shape index (κ2) is 19.0. The average Bonchev–Trinajstić information content (AvgIpc) is 2.57. The molecule has 1 N–H and O–H groups in total. The number of ketones is 1. The van der Waals surface area contributed by atoms with Crippen molar-refractivity contribution in [2.75, 3.05) is 72.6 Å². The molecule has 0 unspecified atom stereocenters. The Morgan fingerprint density at radius 3 is 1.65 bits per heavy atom. The molecule has 0 atom stereocenters. The number of carbonyl (C=O) groups excluding carboxylic acids is 2. The molecule has 0 aromatic rings. The normalized spacial score (nSPS) is 10.7. The first-order valence-electron chi connectivity index (χ1n) is 7.88. The Bertz CT molecular complexity index is 277. The summed E-state index contributed by atoms with van der Waals surface area (Å²) in [5, 5.41) is 2.50. The maximum atomic E-state index is 11.0. The van der Waals surface area contributed by atoms with Crippen molar-refractivity contribution in [3.63, 3.8) is 0 Å². The summed E-state index contributed by atoms with van der Waals surface area (Å²) in [6.07, 6.45) is 1.14. The van der Waals surface area contributed by atoms with E-state index in [1.165, 1.54) is 0 Å². The third kappa shape index (κ3) is 18.9. The number of amides is 1. The van der Waals surface area contributed by atoms with Crippen LogP contribution in [0.1, 0.15) is 13.3 Å². The van der Waals surface area contributed by atoms with Gasteiger partial charge in [0.25, 0.3) is 0 Å². The number of nitrogens with one attached hydrogen (secondary N) is 1. The number of hydrogen-bond acceptors (Lipinski definition) is 7. The summed E-state index contributed by atoms with van der Waals surface area (Å²) in [4.78, 5) is 20.9. The summed E-state index contributed by atoms with van der Waals surface area (Å²) in [6.45, 7) is 6.77. The van der Waals surface area contributed by atoms with E-state index < -0.39 is 0 Å². The Labute approximate surface area is 137 Å². The lowest BCUT2D eigenvalue weighted by Crippen LogP contribution is -2.19. The molecule has 0 bridgehead atoms. The number of carbonyl (C=O) groups is 2.